The monoisotopic (exact) mass is 418 g/mol. The van der Waals surface area contributed by atoms with Gasteiger partial charge >= 0.3 is 0 Å². The van der Waals surface area contributed by atoms with E-state index >= 15 is 0 Å². The summed E-state index contributed by atoms with van der Waals surface area (Å²) >= 11 is 5.21. The molecular formula is C20H23BrN2OS. The summed E-state index contributed by atoms with van der Waals surface area (Å²) in [5.74, 6) is 0.191. The van der Waals surface area contributed by atoms with Gasteiger partial charge in [-0.2, -0.15) is 0 Å². The number of halogens is 1. The number of piperidine rings is 1. The lowest BCUT2D eigenvalue weighted by Gasteiger charge is -2.32. The maximum absolute atomic E-state index is 12.7. The molecule has 25 heavy (non-hydrogen) atoms. The number of thioether (sulfide) groups is 1. The van der Waals surface area contributed by atoms with Crippen LogP contribution in [0.1, 0.15) is 18.4 Å². The molecule has 2 aromatic carbocycles. The van der Waals surface area contributed by atoms with Crippen LogP contribution in [0.15, 0.2) is 57.9 Å². The number of nitrogens with one attached hydrogen (secondary N) is 1. The molecule has 3 rings (SSSR count). The zero-order valence-electron chi connectivity index (χ0n) is 14.4. The molecule has 0 radical (unpaired) electrons. The molecule has 1 unspecified atom stereocenters. The third-order valence-corrected chi connectivity index (χ3v) is 5.73. The number of rotatable bonds is 5. The van der Waals surface area contributed by atoms with Crippen LogP contribution in [-0.2, 0) is 11.3 Å². The minimum atomic E-state index is 0.0545. The number of amides is 1. The predicted molar refractivity (Wildman–Crippen MR) is 109 cm³/mol. The van der Waals surface area contributed by atoms with Gasteiger partial charge in [0.2, 0.25) is 5.91 Å². The quantitative estimate of drug-likeness (QED) is 0.691. The van der Waals surface area contributed by atoms with Gasteiger partial charge in [0.1, 0.15) is 0 Å². The summed E-state index contributed by atoms with van der Waals surface area (Å²) in [7, 11) is 0. The lowest BCUT2D eigenvalue weighted by molar-refractivity contribution is -0.121. The summed E-state index contributed by atoms with van der Waals surface area (Å²) < 4.78 is 1.10. The van der Waals surface area contributed by atoms with Crippen LogP contribution in [0.3, 0.4) is 0 Å². The first-order valence-corrected chi connectivity index (χ1v) is 10.6. The Morgan fingerprint density at radius 3 is 2.92 bits per heavy atom. The van der Waals surface area contributed by atoms with Gasteiger partial charge in [-0.25, -0.2) is 0 Å². The van der Waals surface area contributed by atoms with Crippen LogP contribution < -0.4 is 5.32 Å². The molecule has 1 saturated heterocycles. The largest absolute Gasteiger partial charge is 0.326 e. The number of hydrogen-bond donors (Lipinski definition) is 1. The summed E-state index contributed by atoms with van der Waals surface area (Å²) in [5, 5.41) is 3.09. The molecule has 1 amide bonds. The van der Waals surface area contributed by atoms with Crippen LogP contribution in [0.4, 0.5) is 5.69 Å². The van der Waals surface area contributed by atoms with Gasteiger partial charge in [-0.1, -0.05) is 34.1 Å². The summed E-state index contributed by atoms with van der Waals surface area (Å²) in [4.78, 5) is 16.2. The number of carbonyl (C=O) groups excluding carboxylic acids is 1. The molecule has 2 aromatic rings. The molecule has 0 bridgehead atoms. The van der Waals surface area contributed by atoms with Crippen molar-refractivity contribution >= 4 is 39.3 Å². The lowest BCUT2D eigenvalue weighted by Crippen LogP contribution is -2.40. The van der Waals surface area contributed by atoms with Crippen LogP contribution in [0.25, 0.3) is 0 Å². The van der Waals surface area contributed by atoms with Crippen LogP contribution in [-0.4, -0.2) is 30.2 Å². The van der Waals surface area contributed by atoms with Crippen molar-refractivity contribution in [2.24, 2.45) is 5.92 Å². The second-order valence-electron chi connectivity index (χ2n) is 6.43. The summed E-state index contributed by atoms with van der Waals surface area (Å²) in [6.07, 6.45) is 4.07. The van der Waals surface area contributed by atoms with Gasteiger partial charge in [0, 0.05) is 28.1 Å². The van der Waals surface area contributed by atoms with Gasteiger partial charge in [-0.15, -0.1) is 11.8 Å². The highest BCUT2D eigenvalue weighted by atomic mass is 79.9. The van der Waals surface area contributed by atoms with Gasteiger partial charge in [-0.05, 0) is 61.5 Å². The fourth-order valence-electron chi connectivity index (χ4n) is 3.25. The lowest BCUT2D eigenvalue weighted by atomic mass is 9.96. The zero-order valence-corrected chi connectivity index (χ0v) is 16.8. The molecule has 132 valence electrons. The third-order valence-electron chi connectivity index (χ3n) is 4.51. The van der Waals surface area contributed by atoms with Crippen molar-refractivity contribution in [1.29, 1.82) is 0 Å². The second-order valence-corrected chi connectivity index (χ2v) is 8.22. The van der Waals surface area contributed by atoms with E-state index in [1.54, 1.807) is 11.8 Å². The van der Waals surface area contributed by atoms with Gasteiger partial charge in [0.15, 0.2) is 0 Å². The number of hydrogen-bond acceptors (Lipinski definition) is 3. The van der Waals surface area contributed by atoms with Crippen molar-refractivity contribution in [3.63, 3.8) is 0 Å². The molecule has 0 saturated carbocycles. The molecular weight excluding hydrogens is 396 g/mol. The van der Waals surface area contributed by atoms with E-state index in [2.05, 4.69) is 50.4 Å². The normalized spacial score (nSPS) is 18.1. The summed E-state index contributed by atoms with van der Waals surface area (Å²) in [6, 6.07) is 16.4. The number of likely N-dealkylation sites (tertiary alicyclic amines) is 1. The molecule has 1 aliphatic rings. The highest BCUT2D eigenvalue weighted by molar-refractivity contribution is 9.10. The van der Waals surface area contributed by atoms with E-state index in [0.717, 1.165) is 47.5 Å². The summed E-state index contributed by atoms with van der Waals surface area (Å²) in [5.41, 5.74) is 2.17. The SMILES string of the molecule is CSc1cccc(NC(=O)C2CCCN(Cc3cccc(Br)c3)C2)c1. The van der Waals surface area contributed by atoms with Gasteiger partial charge in [0.25, 0.3) is 0 Å². The Bertz CT molecular complexity index is 737. The van der Waals surface area contributed by atoms with Crippen molar-refractivity contribution in [1.82, 2.24) is 4.90 Å². The Morgan fingerprint density at radius 2 is 2.12 bits per heavy atom. The van der Waals surface area contributed by atoms with Crippen LogP contribution in [0, 0.1) is 5.92 Å². The van der Waals surface area contributed by atoms with E-state index in [1.165, 1.54) is 5.56 Å². The van der Waals surface area contributed by atoms with E-state index in [0.29, 0.717) is 0 Å². The Hall–Kier alpha value is -1.30. The molecule has 1 atom stereocenters. The maximum Gasteiger partial charge on any atom is 0.228 e. The van der Waals surface area contributed by atoms with Gasteiger partial charge < -0.3 is 5.32 Å². The molecule has 5 heteroatoms. The van der Waals surface area contributed by atoms with Crippen molar-refractivity contribution < 1.29 is 4.79 Å². The molecule has 0 aliphatic carbocycles. The van der Waals surface area contributed by atoms with Crippen molar-refractivity contribution in [3.05, 3.63) is 58.6 Å². The standard InChI is InChI=1S/C20H23BrN2OS/c1-25-19-9-3-8-18(12-19)22-20(24)16-6-4-10-23(14-16)13-15-5-2-7-17(21)11-15/h2-3,5,7-9,11-12,16H,4,6,10,13-14H2,1H3,(H,22,24). The van der Waals surface area contributed by atoms with Crippen molar-refractivity contribution in [2.45, 2.75) is 24.3 Å². The van der Waals surface area contributed by atoms with E-state index in [-0.39, 0.29) is 11.8 Å². The summed E-state index contributed by atoms with van der Waals surface area (Å²) in [6.45, 7) is 2.77. The molecule has 1 aliphatic heterocycles. The van der Waals surface area contributed by atoms with E-state index in [9.17, 15) is 4.79 Å². The predicted octanol–water partition coefficient (Wildman–Crippen LogP) is 5.02. The highest BCUT2D eigenvalue weighted by Crippen LogP contribution is 2.23. The topological polar surface area (TPSA) is 32.3 Å². The molecule has 1 N–H and O–H groups in total. The Kier molecular flexibility index (Phi) is 6.57. The van der Waals surface area contributed by atoms with Crippen molar-refractivity contribution in [3.8, 4) is 0 Å². The minimum Gasteiger partial charge on any atom is -0.326 e. The molecule has 3 nitrogen and oxygen atoms in total. The fraction of sp³-hybridized carbons (Fsp3) is 0.350. The third kappa shape index (κ3) is 5.33. The molecule has 0 spiro atoms. The van der Waals surface area contributed by atoms with Gasteiger partial charge in [-0.3, -0.25) is 9.69 Å². The van der Waals surface area contributed by atoms with E-state index < -0.39 is 0 Å². The van der Waals surface area contributed by atoms with Crippen LogP contribution in [0.5, 0.6) is 0 Å². The van der Waals surface area contributed by atoms with Gasteiger partial charge in [0.05, 0.1) is 5.92 Å². The van der Waals surface area contributed by atoms with E-state index in [4.69, 9.17) is 0 Å². The first kappa shape index (κ1) is 18.5. The van der Waals surface area contributed by atoms with Crippen LogP contribution >= 0.6 is 27.7 Å². The average Bonchev–Trinajstić information content (AvgIpc) is 2.62. The first-order chi connectivity index (χ1) is 12.1. The minimum absolute atomic E-state index is 0.0545. The number of benzene rings is 2. The van der Waals surface area contributed by atoms with Crippen molar-refractivity contribution in [2.75, 3.05) is 24.7 Å². The number of anilines is 1. The Morgan fingerprint density at radius 1 is 1.28 bits per heavy atom. The fourth-order valence-corrected chi connectivity index (χ4v) is 4.16. The molecule has 1 heterocycles. The zero-order chi connectivity index (χ0) is 17.6. The molecule has 1 fully saturated rings. The number of nitrogens with zero attached hydrogens (tertiary/aromatic N) is 1. The maximum atomic E-state index is 12.7. The Labute approximate surface area is 162 Å². The molecule has 0 aromatic heterocycles. The van der Waals surface area contributed by atoms with Crippen LogP contribution in [0.2, 0.25) is 0 Å². The number of carbonyl (C=O) groups is 1. The smallest absolute Gasteiger partial charge is 0.228 e. The average molecular weight is 419 g/mol. The Balaban J connectivity index is 1.59. The first-order valence-electron chi connectivity index (χ1n) is 8.56. The van der Waals surface area contributed by atoms with E-state index in [1.807, 2.05) is 30.5 Å². The highest BCUT2D eigenvalue weighted by Gasteiger charge is 2.25. The second kappa shape index (κ2) is 8.88.